The summed E-state index contributed by atoms with van der Waals surface area (Å²) >= 11 is 0. The number of hydrogen-bond acceptors (Lipinski definition) is 5. The minimum atomic E-state index is -1.18. The number of urea groups is 1. The molecular formula is C11H21N3O5. The van der Waals surface area contributed by atoms with Gasteiger partial charge in [-0.25, -0.2) is 9.59 Å². The second-order valence-corrected chi connectivity index (χ2v) is 3.98. The molecule has 0 rings (SSSR count). The second kappa shape index (κ2) is 9.15. The zero-order valence-corrected chi connectivity index (χ0v) is 11.4. The van der Waals surface area contributed by atoms with Gasteiger partial charge in [0, 0.05) is 26.6 Å². The molecule has 110 valence electrons. The lowest BCUT2D eigenvalue weighted by atomic mass is 10.1. The van der Waals surface area contributed by atoms with Crippen LogP contribution in [0.3, 0.4) is 0 Å². The maximum atomic E-state index is 11.7. The maximum Gasteiger partial charge on any atom is 0.326 e. The molecule has 0 heterocycles. The minimum absolute atomic E-state index is 0.00633. The molecule has 8 heteroatoms. The van der Waals surface area contributed by atoms with Crippen LogP contribution in [0.4, 0.5) is 4.79 Å². The number of methoxy groups -OCH3 is 1. The van der Waals surface area contributed by atoms with Gasteiger partial charge < -0.3 is 25.4 Å². The fourth-order valence-electron chi connectivity index (χ4n) is 1.26. The quantitative estimate of drug-likeness (QED) is 0.503. The maximum absolute atomic E-state index is 11.7. The molecule has 0 aliphatic rings. The van der Waals surface area contributed by atoms with E-state index in [0.717, 1.165) is 0 Å². The van der Waals surface area contributed by atoms with Gasteiger partial charge in [0.15, 0.2) is 0 Å². The SMILES string of the molecule is CNCCN(C)C(=O)N[C@H](CCC(=O)OC)C(=O)O. The topological polar surface area (TPSA) is 108 Å². The number of nitrogens with one attached hydrogen (secondary N) is 2. The van der Waals surface area contributed by atoms with Crippen molar-refractivity contribution in [1.82, 2.24) is 15.5 Å². The molecule has 0 unspecified atom stereocenters. The third-order valence-corrected chi connectivity index (χ3v) is 2.50. The predicted octanol–water partition coefficient (Wildman–Crippen LogP) is -0.746. The normalized spacial score (nSPS) is 11.5. The number of nitrogens with zero attached hydrogens (tertiary/aromatic N) is 1. The summed E-state index contributed by atoms with van der Waals surface area (Å²) < 4.78 is 4.42. The lowest BCUT2D eigenvalue weighted by Gasteiger charge is -2.21. The molecular weight excluding hydrogens is 254 g/mol. The van der Waals surface area contributed by atoms with Gasteiger partial charge in [-0.1, -0.05) is 0 Å². The van der Waals surface area contributed by atoms with Gasteiger partial charge >= 0.3 is 18.0 Å². The Hall–Kier alpha value is -1.83. The molecule has 1 atom stereocenters. The highest BCUT2D eigenvalue weighted by atomic mass is 16.5. The fourth-order valence-corrected chi connectivity index (χ4v) is 1.26. The number of esters is 1. The Morgan fingerprint density at radius 3 is 2.47 bits per heavy atom. The molecule has 0 aliphatic heterocycles. The first kappa shape index (κ1) is 17.2. The van der Waals surface area contributed by atoms with E-state index < -0.39 is 24.0 Å². The second-order valence-electron chi connectivity index (χ2n) is 3.98. The van der Waals surface area contributed by atoms with Crippen LogP contribution in [0.25, 0.3) is 0 Å². The Balaban J connectivity index is 4.29. The van der Waals surface area contributed by atoms with Crippen molar-refractivity contribution in [2.24, 2.45) is 0 Å². The van der Waals surface area contributed by atoms with Crippen molar-refractivity contribution in [2.45, 2.75) is 18.9 Å². The Morgan fingerprint density at radius 1 is 1.37 bits per heavy atom. The van der Waals surface area contributed by atoms with Gasteiger partial charge in [-0.15, -0.1) is 0 Å². The summed E-state index contributed by atoms with van der Waals surface area (Å²) in [6.45, 7) is 1.05. The van der Waals surface area contributed by atoms with Crippen LogP contribution in [-0.4, -0.2) is 68.3 Å². The zero-order chi connectivity index (χ0) is 14.8. The zero-order valence-electron chi connectivity index (χ0n) is 11.4. The number of carboxylic acids is 1. The van der Waals surface area contributed by atoms with E-state index in [1.165, 1.54) is 12.0 Å². The molecule has 0 aromatic rings. The van der Waals surface area contributed by atoms with E-state index in [1.807, 2.05) is 0 Å². The van der Waals surface area contributed by atoms with Crippen LogP contribution in [0, 0.1) is 0 Å². The standard InChI is InChI=1S/C11H21N3O5/c1-12-6-7-14(2)11(18)13-8(10(16)17)4-5-9(15)19-3/h8,12H,4-7H2,1-3H3,(H,13,18)(H,16,17)/t8-/m1/s1. The Morgan fingerprint density at radius 2 is 2.00 bits per heavy atom. The van der Waals surface area contributed by atoms with Gasteiger partial charge in [-0.05, 0) is 13.5 Å². The average molecular weight is 275 g/mol. The summed E-state index contributed by atoms with van der Waals surface area (Å²) in [6.07, 6.45) is -0.0679. The van der Waals surface area contributed by atoms with Gasteiger partial charge in [-0.3, -0.25) is 4.79 Å². The number of carbonyl (C=O) groups excluding carboxylic acids is 2. The molecule has 0 radical (unpaired) electrons. The van der Waals surface area contributed by atoms with Crippen molar-refractivity contribution in [3.8, 4) is 0 Å². The lowest BCUT2D eigenvalue weighted by Crippen LogP contribution is -2.48. The number of carboxylic acid groups (broad SMARTS) is 1. The Kier molecular flexibility index (Phi) is 8.27. The first-order chi connectivity index (χ1) is 8.92. The first-order valence-electron chi connectivity index (χ1n) is 5.88. The van der Waals surface area contributed by atoms with Crippen LogP contribution in [0.2, 0.25) is 0 Å². The molecule has 8 nitrogen and oxygen atoms in total. The van der Waals surface area contributed by atoms with Crippen LogP contribution in [0.1, 0.15) is 12.8 Å². The molecule has 0 bridgehead atoms. The number of amides is 2. The fraction of sp³-hybridized carbons (Fsp3) is 0.727. The van der Waals surface area contributed by atoms with Crippen molar-refractivity contribution in [3.63, 3.8) is 0 Å². The number of ether oxygens (including phenoxy) is 1. The molecule has 2 amide bonds. The van der Waals surface area contributed by atoms with Crippen molar-refractivity contribution >= 4 is 18.0 Å². The third-order valence-electron chi connectivity index (χ3n) is 2.50. The number of aliphatic carboxylic acids is 1. The van der Waals surface area contributed by atoms with Gasteiger partial charge in [0.1, 0.15) is 6.04 Å². The Labute approximate surface area is 112 Å². The van der Waals surface area contributed by atoms with E-state index in [0.29, 0.717) is 13.1 Å². The monoisotopic (exact) mass is 275 g/mol. The summed E-state index contributed by atoms with van der Waals surface area (Å²) in [6, 6.07) is -1.60. The number of rotatable bonds is 8. The van der Waals surface area contributed by atoms with E-state index in [-0.39, 0.29) is 12.8 Å². The first-order valence-corrected chi connectivity index (χ1v) is 5.88. The number of hydrogen-bond donors (Lipinski definition) is 3. The van der Waals surface area contributed by atoms with E-state index >= 15 is 0 Å². The lowest BCUT2D eigenvalue weighted by molar-refractivity contribution is -0.142. The Bertz CT molecular complexity index is 321. The van der Waals surface area contributed by atoms with Gasteiger partial charge in [0.2, 0.25) is 0 Å². The van der Waals surface area contributed by atoms with Crippen LogP contribution < -0.4 is 10.6 Å². The van der Waals surface area contributed by atoms with Gasteiger partial charge in [0.25, 0.3) is 0 Å². The van der Waals surface area contributed by atoms with Crippen LogP contribution in [0.15, 0.2) is 0 Å². The van der Waals surface area contributed by atoms with Crippen molar-refractivity contribution in [1.29, 1.82) is 0 Å². The molecule has 0 aromatic heterocycles. The summed E-state index contributed by atoms with van der Waals surface area (Å²) in [7, 11) is 4.54. The van der Waals surface area contributed by atoms with Crippen molar-refractivity contribution < 1.29 is 24.2 Å². The summed E-state index contributed by atoms with van der Waals surface area (Å²) in [5, 5.41) is 14.2. The van der Waals surface area contributed by atoms with Crippen molar-refractivity contribution in [3.05, 3.63) is 0 Å². The largest absolute Gasteiger partial charge is 0.480 e. The minimum Gasteiger partial charge on any atom is -0.480 e. The van der Waals surface area contributed by atoms with Crippen LogP contribution >= 0.6 is 0 Å². The highest BCUT2D eigenvalue weighted by Gasteiger charge is 2.22. The highest BCUT2D eigenvalue weighted by Crippen LogP contribution is 2.00. The molecule has 3 N–H and O–H groups in total. The van der Waals surface area contributed by atoms with E-state index in [1.54, 1.807) is 14.1 Å². The highest BCUT2D eigenvalue weighted by molar-refractivity contribution is 5.83. The average Bonchev–Trinajstić information content (AvgIpc) is 2.39. The molecule has 0 fully saturated rings. The molecule has 0 saturated carbocycles. The molecule has 0 aliphatic carbocycles. The van der Waals surface area contributed by atoms with Gasteiger partial charge in [-0.2, -0.15) is 0 Å². The van der Waals surface area contributed by atoms with E-state index in [9.17, 15) is 14.4 Å². The molecule has 0 spiro atoms. The predicted molar refractivity (Wildman–Crippen MR) is 67.8 cm³/mol. The smallest absolute Gasteiger partial charge is 0.326 e. The van der Waals surface area contributed by atoms with Crippen LogP contribution in [-0.2, 0) is 14.3 Å². The van der Waals surface area contributed by atoms with Crippen molar-refractivity contribution in [2.75, 3.05) is 34.3 Å². The van der Waals surface area contributed by atoms with Gasteiger partial charge in [0.05, 0.1) is 7.11 Å². The summed E-state index contributed by atoms with van der Waals surface area (Å²) in [5.74, 6) is -1.69. The molecule has 19 heavy (non-hydrogen) atoms. The number of likely N-dealkylation sites (N-methyl/N-ethyl adjacent to an activating group) is 2. The van der Waals surface area contributed by atoms with Crippen LogP contribution in [0.5, 0.6) is 0 Å². The summed E-state index contributed by atoms with van der Waals surface area (Å²) in [4.78, 5) is 35.0. The number of carbonyl (C=O) groups is 3. The third kappa shape index (κ3) is 7.24. The molecule has 0 saturated heterocycles. The van der Waals surface area contributed by atoms with E-state index in [4.69, 9.17) is 5.11 Å². The summed E-state index contributed by atoms with van der Waals surface area (Å²) in [5.41, 5.74) is 0. The molecule has 0 aromatic carbocycles. The van der Waals surface area contributed by atoms with E-state index in [2.05, 4.69) is 15.4 Å².